The summed E-state index contributed by atoms with van der Waals surface area (Å²) in [6, 6.07) is 0. The third-order valence-corrected chi connectivity index (χ3v) is 0.937. The lowest BCUT2D eigenvalue weighted by atomic mass is 10.5. The van der Waals surface area contributed by atoms with Crippen molar-refractivity contribution in [3.05, 3.63) is 15.3 Å². The van der Waals surface area contributed by atoms with Crippen molar-refractivity contribution in [3.63, 3.8) is 0 Å². The van der Waals surface area contributed by atoms with Crippen LogP contribution in [0.5, 0.6) is 0 Å². The first-order valence-electron chi connectivity index (χ1n) is 3.29. The van der Waals surface area contributed by atoms with E-state index < -0.39 is 0 Å². The van der Waals surface area contributed by atoms with Gasteiger partial charge in [0, 0.05) is 18.1 Å². The van der Waals surface area contributed by atoms with Crippen molar-refractivity contribution in [2.24, 2.45) is 10.3 Å². The SMILES string of the molecule is [N-]=[N+]=NCCCOCCN=O. The Morgan fingerprint density at radius 1 is 1.36 bits per heavy atom. The number of rotatable bonds is 7. The van der Waals surface area contributed by atoms with Crippen molar-refractivity contribution in [1.82, 2.24) is 0 Å². The molecule has 0 aromatic carbocycles. The standard InChI is InChI=1S/C5H10N4O2/c6-9-7-2-1-4-11-5-3-8-10/h1-5H2. The summed E-state index contributed by atoms with van der Waals surface area (Å²) in [5.74, 6) is 0. The van der Waals surface area contributed by atoms with Gasteiger partial charge >= 0.3 is 0 Å². The highest BCUT2D eigenvalue weighted by Gasteiger charge is 1.86. The fourth-order valence-electron chi connectivity index (χ4n) is 0.486. The molecule has 11 heavy (non-hydrogen) atoms. The van der Waals surface area contributed by atoms with Crippen LogP contribution in [0.1, 0.15) is 6.42 Å². The van der Waals surface area contributed by atoms with Gasteiger partial charge in [0.15, 0.2) is 0 Å². The zero-order chi connectivity index (χ0) is 8.36. The predicted molar refractivity (Wildman–Crippen MR) is 40.1 cm³/mol. The van der Waals surface area contributed by atoms with E-state index in [9.17, 15) is 4.91 Å². The Bertz CT molecular complexity index is 143. The van der Waals surface area contributed by atoms with Crippen molar-refractivity contribution in [2.45, 2.75) is 6.42 Å². The zero-order valence-corrected chi connectivity index (χ0v) is 6.14. The van der Waals surface area contributed by atoms with E-state index in [0.717, 1.165) is 0 Å². The van der Waals surface area contributed by atoms with E-state index in [1.807, 2.05) is 0 Å². The first kappa shape index (κ1) is 9.87. The highest BCUT2D eigenvalue weighted by molar-refractivity contribution is 4.46. The summed E-state index contributed by atoms with van der Waals surface area (Å²) in [5.41, 5.74) is 7.87. The summed E-state index contributed by atoms with van der Waals surface area (Å²) in [6.45, 7) is 1.47. The van der Waals surface area contributed by atoms with E-state index in [2.05, 4.69) is 15.2 Å². The minimum absolute atomic E-state index is 0.182. The molecule has 0 N–H and O–H groups in total. The lowest BCUT2D eigenvalue weighted by Crippen LogP contribution is -2.00. The third-order valence-electron chi connectivity index (χ3n) is 0.937. The summed E-state index contributed by atoms with van der Waals surface area (Å²) in [6.07, 6.45) is 0.683. The Balaban J connectivity index is 2.90. The topological polar surface area (TPSA) is 87.4 Å². The molecule has 0 aliphatic rings. The van der Waals surface area contributed by atoms with E-state index in [4.69, 9.17) is 10.3 Å². The maximum absolute atomic E-state index is 9.54. The molecule has 6 nitrogen and oxygen atoms in total. The Morgan fingerprint density at radius 2 is 2.18 bits per heavy atom. The smallest absolute Gasteiger partial charge is 0.104 e. The number of ether oxygens (including phenoxy) is 1. The average Bonchev–Trinajstić information content (AvgIpc) is 2.03. The third kappa shape index (κ3) is 8.87. The van der Waals surface area contributed by atoms with Crippen LogP contribution in [0, 0.1) is 4.91 Å². The fraction of sp³-hybridized carbons (Fsp3) is 1.00. The molecule has 0 bridgehead atoms. The van der Waals surface area contributed by atoms with Crippen molar-refractivity contribution >= 4 is 0 Å². The number of hydrogen-bond acceptors (Lipinski definition) is 4. The van der Waals surface area contributed by atoms with Crippen LogP contribution in [0.3, 0.4) is 0 Å². The maximum Gasteiger partial charge on any atom is 0.104 e. The average molecular weight is 158 g/mol. The van der Waals surface area contributed by atoms with Gasteiger partial charge in [0.25, 0.3) is 0 Å². The van der Waals surface area contributed by atoms with E-state index in [1.54, 1.807) is 0 Å². The Labute approximate surface area is 64.1 Å². The van der Waals surface area contributed by atoms with Gasteiger partial charge in [0.05, 0.1) is 6.61 Å². The van der Waals surface area contributed by atoms with Crippen LogP contribution in [0.25, 0.3) is 10.4 Å². The van der Waals surface area contributed by atoms with E-state index in [1.165, 1.54) is 0 Å². The van der Waals surface area contributed by atoms with Crippen molar-refractivity contribution in [2.75, 3.05) is 26.3 Å². The van der Waals surface area contributed by atoms with Crippen LogP contribution in [0.4, 0.5) is 0 Å². The summed E-state index contributed by atoms with van der Waals surface area (Å²) in [7, 11) is 0. The summed E-state index contributed by atoms with van der Waals surface area (Å²) >= 11 is 0. The Morgan fingerprint density at radius 3 is 2.82 bits per heavy atom. The Hall–Kier alpha value is -1.13. The lowest BCUT2D eigenvalue weighted by molar-refractivity contribution is 0.140. The van der Waals surface area contributed by atoms with Gasteiger partial charge in [-0.1, -0.05) is 10.3 Å². The van der Waals surface area contributed by atoms with Crippen LogP contribution in [0.15, 0.2) is 10.3 Å². The summed E-state index contributed by atoms with van der Waals surface area (Å²) < 4.78 is 4.94. The molecule has 0 unspecified atom stereocenters. The highest BCUT2D eigenvalue weighted by Crippen LogP contribution is 1.84. The summed E-state index contributed by atoms with van der Waals surface area (Å²) in [4.78, 5) is 12.1. The largest absolute Gasteiger partial charge is 0.379 e. The van der Waals surface area contributed by atoms with E-state index >= 15 is 0 Å². The molecular weight excluding hydrogens is 148 g/mol. The number of nitrogens with zero attached hydrogens (tertiary/aromatic N) is 4. The molecule has 0 radical (unpaired) electrons. The second-order valence-electron chi connectivity index (χ2n) is 1.77. The number of azide groups is 1. The van der Waals surface area contributed by atoms with Gasteiger partial charge < -0.3 is 4.74 Å². The molecular formula is C5H10N4O2. The first-order chi connectivity index (χ1) is 5.41. The van der Waals surface area contributed by atoms with Crippen LogP contribution in [-0.4, -0.2) is 26.3 Å². The molecule has 0 saturated carbocycles. The molecule has 0 fully saturated rings. The fourth-order valence-corrected chi connectivity index (χ4v) is 0.486. The van der Waals surface area contributed by atoms with Gasteiger partial charge in [-0.15, -0.1) is 0 Å². The highest BCUT2D eigenvalue weighted by atomic mass is 16.5. The molecule has 0 heterocycles. The molecule has 6 heteroatoms. The van der Waals surface area contributed by atoms with Gasteiger partial charge in [-0.2, -0.15) is 4.91 Å². The second-order valence-corrected chi connectivity index (χ2v) is 1.77. The van der Waals surface area contributed by atoms with Crippen LogP contribution in [0.2, 0.25) is 0 Å². The van der Waals surface area contributed by atoms with Crippen molar-refractivity contribution in [1.29, 1.82) is 0 Å². The van der Waals surface area contributed by atoms with E-state index in [-0.39, 0.29) is 6.54 Å². The zero-order valence-electron chi connectivity index (χ0n) is 6.14. The molecule has 62 valence electrons. The van der Waals surface area contributed by atoms with Gasteiger partial charge in [0.2, 0.25) is 0 Å². The molecule has 0 rings (SSSR count). The van der Waals surface area contributed by atoms with E-state index in [0.29, 0.717) is 26.2 Å². The first-order valence-corrected chi connectivity index (χ1v) is 3.29. The maximum atomic E-state index is 9.54. The van der Waals surface area contributed by atoms with Gasteiger partial charge in [-0.25, -0.2) is 0 Å². The lowest BCUT2D eigenvalue weighted by Gasteiger charge is -1.96. The molecule has 0 amide bonds. The number of hydrogen-bond donors (Lipinski definition) is 0. The van der Waals surface area contributed by atoms with Gasteiger partial charge in [-0.3, -0.25) is 0 Å². The molecule has 0 aromatic rings. The normalized spacial score (nSPS) is 8.73. The molecule has 0 saturated heterocycles. The van der Waals surface area contributed by atoms with Crippen LogP contribution < -0.4 is 0 Å². The molecule has 0 aromatic heterocycles. The molecule has 0 spiro atoms. The minimum Gasteiger partial charge on any atom is -0.379 e. The molecule has 0 aliphatic carbocycles. The monoisotopic (exact) mass is 158 g/mol. The van der Waals surface area contributed by atoms with Crippen molar-refractivity contribution < 1.29 is 4.74 Å². The van der Waals surface area contributed by atoms with Gasteiger partial charge in [0.1, 0.15) is 6.54 Å². The quantitative estimate of drug-likeness (QED) is 0.184. The Kier molecular flexibility index (Phi) is 7.96. The van der Waals surface area contributed by atoms with Crippen LogP contribution >= 0.6 is 0 Å². The van der Waals surface area contributed by atoms with Gasteiger partial charge in [-0.05, 0) is 12.0 Å². The molecule has 0 atom stereocenters. The second kappa shape index (κ2) is 8.87. The molecule has 0 aliphatic heterocycles. The summed E-state index contributed by atoms with van der Waals surface area (Å²) in [5, 5.41) is 5.92. The van der Waals surface area contributed by atoms with Crippen LogP contribution in [-0.2, 0) is 4.74 Å². The van der Waals surface area contributed by atoms with Crippen molar-refractivity contribution in [3.8, 4) is 0 Å². The number of nitroso groups, excluding NO2 is 1. The predicted octanol–water partition coefficient (Wildman–Crippen LogP) is 1.47. The minimum atomic E-state index is 0.182.